The average Bonchev–Trinajstić information content (AvgIpc) is 2.90. The number of likely N-dealkylation sites (tertiary alicyclic amines) is 1. The standard InChI is InChI=1S/C14H19FN2O2/c1-10(17-7-2-3-8-17)9-16-13-11(14(18)19)5-4-6-12(13)15/h4-6,10,16H,2-3,7-9H2,1H3,(H,18,19). The number of carboxylic acid groups (broad SMARTS) is 1. The van der Waals surface area contributed by atoms with Crippen molar-refractivity contribution in [1.29, 1.82) is 0 Å². The Morgan fingerprint density at radius 2 is 2.16 bits per heavy atom. The zero-order chi connectivity index (χ0) is 13.8. The number of nitrogens with zero attached hydrogens (tertiary/aromatic N) is 1. The first-order valence-corrected chi connectivity index (χ1v) is 6.59. The highest BCUT2D eigenvalue weighted by Gasteiger charge is 2.19. The van der Waals surface area contributed by atoms with Crippen molar-refractivity contribution < 1.29 is 14.3 Å². The topological polar surface area (TPSA) is 52.6 Å². The minimum absolute atomic E-state index is 0.0198. The lowest BCUT2D eigenvalue weighted by molar-refractivity contribution is 0.0697. The Labute approximate surface area is 112 Å². The second-order valence-corrected chi connectivity index (χ2v) is 4.94. The predicted molar refractivity (Wildman–Crippen MR) is 72.1 cm³/mol. The number of hydrogen-bond donors (Lipinski definition) is 2. The summed E-state index contributed by atoms with van der Waals surface area (Å²) in [6.45, 7) is 4.73. The molecule has 0 amide bonds. The highest BCUT2D eigenvalue weighted by Crippen LogP contribution is 2.20. The van der Waals surface area contributed by atoms with Crippen molar-refractivity contribution >= 4 is 11.7 Å². The largest absolute Gasteiger partial charge is 0.478 e. The van der Waals surface area contributed by atoms with E-state index >= 15 is 0 Å². The lowest BCUT2D eigenvalue weighted by atomic mass is 10.1. The maximum atomic E-state index is 13.7. The third kappa shape index (κ3) is 3.23. The summed E-state index contributed by atoms with van der Waals surface area (Å²) in [4.78, 5) is 13.4. The van der Waals surface area contributed by atoms with Gasteiger partial charge in [0.15, 0.2) is 0 Å². The lowest BCUT2D eigenvalue weighted by Gasteiger charge is -2.24. The fourth-order valence-corrected chi connectivity index (χ4v) is 2.44. The first kappa shape index (κ1) is 13.8. The molecule has 0 aliphatic carbocycles. The van der Waals surface area contributed by atoms with Crippen LogP contribution in [-0.4, -0.2) is 41.7 Å². The Hall–Kier alpha value is -1.62. The van der Waals surface area contributed by atoms with Crippen LogP contribution < -0.4 is 5.32 Å². The number of halogens is 1. The fourth-order valence-electron chi connectivity index (χ4n) is 2.44. The highest BCUT2D eigenvalue weighted by atomic mass is 19.1. The Morgan fingerprint density at radius 3 is 2.79 bits per heavy atom. The molecule has 2 N–H and O–H groups in total. The van der Waals surface area contributed by atoms with Crippen molar-refractivity contribution in [2.24, 2.45) is 0 Å². The summed E-state index contributed by atoms with van der Waals surface area (Å²) in [7, 11) is 0. The van der Waals surface area contributed by atoms with Crippen LogP contribution >= 0.6 is 0 Å². The van der Waals surface area contributed by atoms with Gasteiger partial charge >= 0.3 is 5.97 Å². The molecular formula is C14H19FN2O2. The molecule has 104 valence electrons. The van der Waals surface area contributed by atoms with E-state index in [9.17, 15) is 9.18 Å². The maximum Gasteiger partial charge on any atom is 0.337 e. The van der Waals surface area contributed by atoms with E-state index in [2.05, 4.69) is 17.1 Å². The number of rotatable bonds is 5. The summed E-state index contributed by atoms with van der Waals surface area (Å²) < 4.78 is 13.7. The van der Waals surface area contributed by atoms with Crippen LogP contribution in [0.25, 0.3) is 0 Å². The Bertz CT molecular complexity index is 459. The van der Waals surface area contributed by atoms with E-state index in [1.54, 1.807) is 0 Å². The zero-order valence-corrected chi connectivity index (χ0v) is 11.0. The average molecular weight is 266 g/mol. The van der Waals surface area contributed by atoms with Crippen LogP contribution in [-0.2, 0) is 0 Å². The molecule has 0 bridgehead atoms. The van der Waals surface area contributed by atoms with Crippen LogP contribution in [0, 0.1) is 5.82 Å². The molecule has 0 saturated carbocycles. The van der Waals surface area contributed by atoms with Crippen molar-refractivity contribution in [3.05, 3.63) is 29.6 Å². The molecule has 1 aromatic carbocycles. The van der Waals surface area contributed by atoms with Crippen molar-refractivity contribution in [3.63, 3.8) is 0 Å². The molecule has 1 saturated heterocycles. The number of nitrogens with one attached hydrogen (secondary N) is 1. The van der Waals surface area contributed by atoms with Crippen molar-refractivity contribution in [2.75, 3.05) is 25.0 Å². The summed E-state index contributed by atoms with van der Waals surface area (Å²) in [6, 6.07) is 4.36. The number of benzene rings is 1. The smallest absolute Gasteiger partial charge is 0.337 e. The number of carboxylic acids is 1. The monoisotopic (exact) mass is 266 g/mol. The molecule has 0 spiro atoms. The first-order valence-electron chi connectivity index (χ1n) is 6.59. The Kier molecular flexibility index (Phi) is 4.37. The molecule has 2 rings (SSSR count). The van der Waals surface area contributed by atoms with Gasteiger partial charge < -0.3 is 10.4 Å². The van der Waals surface area contributed by atoms with Gasteiger partial charge in [-0.05, 0) is 45.0 Å². The minimum atomic E-state index is -1.11. The zero-order valence-electron chi connectivity index (χ0n) is 11.0. The molecule has 4 nitrogen and oxygen atoms in total. The Morgan fingerprint density at radius 1 is 1.47 bits per heavy atom. The van der Waals surface area contributed by atoms with E-state index in [1.165, 1.54) is 31.0 Å². The van der Waals surface area contributed by atoms with Gasteiger partial charge in [-0.15, -0.1) is 0 Å². The van der Waals surface area contributed by atoms with E-state index in [4.69, 9.17) is 5.11 Å². The molecule has 1 fully saturated rings. The van der Waals surface area contributed by atoms with Gasteiger partial charge in [0.2, 0.25) is 0 Å². The molecule has 0 radical (unpaired) electrons. The van der Waals surface area contributed by atoms with E-state index in [-0.39, 0.29) is 17.3 Å². The third-order valence-electron chi connectivity index (χ3n) is 3.58. The number of anilines is 1. The fraction of sp³-hybridized carbons (Fsp3) is 0.500. The van der Waals surface area contributed by atoms with Gasteiger partial charge in [0.1, 0.15) is 5.82 Å². The van der Waals surface area contributed by atoms with Crippen LogP contribution in [0.1, 0.15) is 30.1 Å². The molecular weight excluding hydrogens is 247 g/mol. The van der Waals surface area contributed by atoms with E-state index in [0.717, 1.165) is 13.1 Å². The molecule has 1 atom stereocenters. The number of para-hydroxylation sites is 1. The van der Waals surface area contributed by atoms with Crippen LogP contribution in [0.5, 0.6) is 0 Å². The second kappa shape index (κ2) is 6.02. The highest BCUT2D eigenvalue weighted by molar-refractivity contribution is 5.94. The maximum absolute atomic E-state index is 13.7. The summed E-state index contributed by atoms with van der Waals surface area (Å²) >= 11 is 0. The number of hydrogen-bond acceptors (Lipinski definition) is 3. The van der Waals surface area contributed by atoms with E-state index in [0.29, 0.717) is 6.54 Å². The second-order valence-electron chi connectivity index (χ2n) is 4.94. The summed E-state index contributed by atoms with van der Waals surface area (Å²) in [5, 5.41) is 12.0. The van der Waals surface area contributed by atoms with Crippen LogP contribution in [0.15, 0.2) is 18.2 Å². The van der Waals surface area contributed by atoms with Gasteiger partial charge in [-0.1, -0.05) is 6.07 Å². The van der Waals surface area contributed by atoms with Gasteiger partial charge in [-0.25, -0.2) is 9.18 Å². The summed E-state index contributed by atoms with van der Waals surface area (Å²) in [5.74, 6) is -1.63. The van der Waals surface area contributed by atoms with Gasteiger partial charge in [0, 0.05) is 12.6 Å². The molecule has 1 unspecified atom stereocenters. The molecule has 5 heteroatoms. The SMILES string of the molecule is CC(CNc1c(F)cccc1C(=O)O)N1CCCC1. The number of carbonyl (C=O) groups is 1. The van der Waals surface area contributed by atoms with E-state index in [1.807, 2.05) is 0 Å². The van der Waals surface area contributed by atoms with Crippen molar-refractivity contribution in [1.82, 2.24) is 4.90 Å². The van der Waals surface area contributed by atoms with Gasteiger partial charge in [-0.3, -0.25) is 4.90 Å². The van der Waals surface area contributed by atoms with Gasteiger partial charge in [0.25, 0.3) is 0 Å². The molecule has 1 aliphatic heterocycles. The Balaban J connectivity index is 2.04. The van der Waals surface area contributed by atoms with Crippen LogP contribution in [0.4, 0.5) is 10.1 Å². The molecule has 1 aliphatic rings. The van der Waals surface area contributed by atoms with Crippen LogP contribution in [0.3, 0.4) is 0 Å². The molecule has 1 heterocycles. The van der Waals surface area contributed by atoms with E-state index < -0.39 is 11.8 Å². The number of aromatic carboxylic acids is 1. The summed E-state index contributed by atoms with van der Waals surface area (Å²) in [5.41, 5.74) is 0.0645. The van der Waals surface area contributed by atoms with Crippen molar-refractivity contribution in [2.45, 2.75) is 25.8 Å². The minimum Gasteiger partial charge on any atom is -0.478 e. The normalized spacial score (nSPS) is 17.4. The molecule has 19 heavy (non-hydrogen) atoms. The lowest BCUT2D eigenvalue weighted by Crippen LogP contribution is -2.35. The molecule has 0 aromatic heterocycles. The predicted octanol–water partition coefficient (Wildman–Crippen LogP) is 2.42. The van der Waals surface area contributed by atoms with Crippen molar-refractivity contribution in [3.8, 4) is 0 Å². The third-order valence-corrected chi connectivity index (χ3v) is 3.58. The first-order chi connectivity index (χ1) is 9.09. The van der Waals surface area contributed by atoms with Gasteiger partial charge in [-0.2, -0.15) is 0 Å². The van der Waals surface area contributed by atoms with Crippen LogP contribution in [0.2, 0.25) is 0 Å². The summed E-state index contributed by atoms with van der Waals surface area (Å²) in [6.07, 6.45) is 2.40. The molecule has 1 aromatic rings. The van der Waals surface area contributed by atoms with Gasteiger partial charge in [0.05, 0.1) is 11.3 Å². The quantitative estimate of drug-likeness (QED) is 0.859.